The van der Waals surface area contributed by atoms with Crippen LogP contribution in [0.2, 0.25) is 5.02 Å². The van der Waals surface area contributed by atoms with Crippen molar-refractivity contribution in [3.8, 4) is 5.75 Å². The molecule has 6 nitrogen and oxygen atoms in total. The fourth-order valence-electron chi connectivity index (χ4n) is 3.75. The molecule has 2 N–H and O–H groups in total. The first-order valence-corrected chi connectivity index (χ1v) is 11.8. The molecule has 0 radical (unpaired) electrons. The Balaban J connectivity index is 1.35. The van der Waals surface area contributed by atoms with Gasteiger partial charge in [0.25, 0.3) is 11.8 Å². The second-order valence-corrected chi connectivity index (χ2v) is 9.00. The molecule has 1 heterocycles. The number of benzene rings is 2. The van der Waals surface area contributed by atoms with E-state index in [9.17, 15) is 9.59 Å². The number of carbonyl (C=O) groups is 2. The Labute approximate surface area is 196 Å². The molecule has 1 aliphatic rings. The number of ether oxygens (including phenoxy) is 1. The van der Waals surface area contributed by atoms with E-state index in [0.29, 0.717) is 22.9 Å². The zero-order valence-electron chi connectivity index (χ0n) is 17.4. The molecule has 1 aromatic heterocycles. The molecule has 1 fully saturated rings. The second kappa shape index (κ2) is 10.6. The normalized spacial score (nSPS) is 18.0. The molecule has 1 aliphatic carbocycles. The molecule has 2 aromatic carbocycles. The number of nitrogens with one attached hydrogen (secondary N) is 2. The topological polar surface area (TPSA) is 80.3 Å². The van der Waals surface area contributed by atoms with Crippen LogP contribution >= 0.6 is 22.9 Å². The summed E-state index contributed by atoms with van der Waals surface area (Å²) in [6.07, 6.45) is 3.59. The van der Waals surface area contributed by atoms with Gasteiger partial charge in [0.2, 0.25) is 0 Å². The van der Waals surface area contributed by atoms with E-state index in [-0.39, 0.29) is 23.9 Å². The SMILES string of the molecule is O=C(N[C@H]1CCCC[C@H]1NC(=O)c1ccccc1Cl)c1csc(COc2ccccc2)n1. The summed E-state index contributed by atoms with van der Waals surface area (Å²) in [5.74, 6) is 0.292. The van der Waals surface area contributed by atoms with Gasteiger partial charge in [-0.2, -0.15) is 0 Å². The van der Waals surface area contributed by atoms with Gasteiger partial charge in [-0.3, -0.25) is 9.59 Å². The summed E-state index contributed by atoms with van der Waals surface area (Å²) in [5.41, 5.74) is 0.802. The lowest BCUT2D eigenvalue weighted by atomic mass is 9.90. The third kappa shape index (κ3) is 5.66. The van der Waals surface area contributed by atoms with Gasteiger partial charge < -0.3 is 15.4 Å². The van der Waals surface area contributed by atoms with Crippen LogP contribution in [0.5, 0.6) is 5.75 Å². The molecule has 0 aliphatic heterocycles. The van der Waals surface area contributed by atoms with Gasteiger partial charge in [-0.15, -0.1) is 11.3 Å². The summed E-state index contributed by atoms with van der Waals surface area (Å²) < 4.78 is 5.71. The van der Waals surface area contributed by atoms with Crippen molar-refractivity contribution in [2.45, 2.75) is 44.4 Å². The minimum atomic E-state index is -0.240. The van der Waals surface area contributed by atoms with Crippen LogP contribution in [0.25, 0.3) is 0 Å². The minimum absolute atomic E-state index is 0.156. The second-order valence-electron chi connectivity index (χ2n) is 7.65. The van der Waals surface area contributed by atoms with Crippen LogP contribution in [0.4, 0.5) is 0 Å². The third-order valence-corrected chi connectivity index (χ3v) is 6.56. The van der Waals surface area contributed by atoms with Crippen molar-refractivity contribution in [3.05, 3.63) is 81.3 Å². The molecule has 8 heteroatoms. The van der Waals surface area contributed by atoms with Crippen molar-refractivity contribution >= 4 is 34.8 Å². The number of amides is 2. The van der Waals surface area contributed by atoms with Gasteiger partial charge in [0.1, 0.15) is 23.1 Å². The van der Waals surface area contributed by atoms with E-state index in [1.807, 2.05) is 30.3 Å². The zero-order valence-corrected chi connectivity index (χ0v) is 19.0. The zero-order chi connectivity index (χ0) is 22.3. The van der Waals surface area contributed by atoms with E-state index < -0.39 is 0 Å². The Bertz CT molecular complexity index is 1070. The lowest BCUT2D eigenvalue weighted by molar-refractivity contribution is 0.0860. The Morgan fingerprint density at radius 1 is 0.969 bits per heavy atom. The van der Waals surface area contributed by atoms with Crippen LogP contribution in [-0.2, 0) is 6.61 Å². The summed E-state index contributed by atoms with van der Waals surface area (Å²) in [4.78, 5) is 29.9. The fourth-order valence-corrected chi connectivity index (χ4v) is 4.66. The molecule has 0 unspecified atom stereocenters. The predicted molar refractivity (Wildman–Crippen MR) is 125 cm³/mol. The van der Waals surface area contributed by atoms with Crippen LogP contribution in [0.3, 0.4) is 0 Å². The van der Waals surface area contributed by atoms with Crippen LogP contribution in [0.1, 0.15) is 51.5 Å². The molecule has 166 valence electrons. The maximum absolute atomic E-state index is 12.8. The summed E-state index contributed by atoms with van der Waals surface area (Å²) >= 11 is 7.54. The smallest absolute Gasteiger partial charge is 0.271 e. The van der Waals surface area contributed by atoms with Crippen LogP contribution in [0.15, 0.2) is 60.0 Å². The van der Waals surface area contributed by atoms with E-state index in [2.05, 4.69) is 15.6 Å². The lowest BCUT2D eigenvalue weighted by Gasteiger charge is -2.32. The molecule has 32 heavy (non-hydrogen) atoms. The predicted octanol–water partition coefficient (Wildman–Crippen LogP) is 4.85. The maximum atomic E-state index is 12.8. The monoisotopic (exact) mass is 469 g/mol. The highest BCUT2D eigenvalue weighted by Gasteiger charge is 2.29. The first-order chi connectivity index (χ1) is 15.6. The molecule has 0 saturated heterocycles. The van der Waals surface area contributed by atoms with E-state index in [0.717, 1.165) is 36.4 Å². The van der Waals surface area contributed by atoms with E-state index in [1.165, 1.54) is 11.3 Å². The minimum Gasteiger partial charge on any atom is -0.486 e. The highest BCUT2D eigenvalue weighted by Crippen LogP contribution is 2.22. The number of halogens is 1. The highest BCUT2D eigenvalue weighted by molar-refractivity contribution is 7.09. The molecule has 0 spiro atoms. The van der Waals surface area contributed by atoms with Gasteiger partial charge in [0.05, 0.1) is 10.6 Å². The van der Waals surface area contributed by atoms with Crippen LogP contribution in [0, 0.1) is 0 Å². The summed E-state index contributed by atoms with van der Waals surface area (Å²) in [6, 6.07) is 16.1. The number of nitrogens with zero attached hydrogens (tertiary/aromatic N) is 1. The number of aromatic nitrogens is 1. The van der Waals surface area contributed by atoms with Crippen molar-refractivity contribution in [2.24, 2.45) is 0 Å². The molecule has 2 atom stereocenters. The average molecular weight is 470 g/mol. The first kappa shape index (κ1) is 22.3. The molecule has 2 amide bonds. The van der Waals surface area contributed by atoms with E-state index >= 15 is 0 Å². The van der Waals surface area contributed by atoms with E-state index in [1.54, 1.807) is 29.6 Å². The number of rotatable bonds is 7. The average Bonchev–Trinajstić information content (AvgIpc) is 3.29. The summed E-state index contributed by atoms with van der Waals surface area (Å²) in [6.45, 7) is 0.307. The summed E-state index contributed by atoms with van der Waals surface area (Å²) in [5, 5.41) is 8.99. The number of thiazole rings is 1. The van der Waals surface area contributed by atoms with Crippen molar-refractivity contribution in [1.82, 2.24) is 15.6 Å². The number of carbonyl (C=O) groups excluding carboxylic acids is 2. The maximum Gasteiger partial charge on any atom is 0.271 e. The van der Waals surface area contributed by atoms with Crippen LogP contribution < -0.4 is 15.4 Å². The van der Waals surface area contributed by atoms with Gasteiger partial charge in [-0.05, 0) is 37.1 Å². The molecule has 1 saturated carbocycles. The summed E-state index contributed by atoms with van der Waals surface area (Å²) in [7, 11) is 0. The van der Waals surface area contributed by atoms with E-state index in [4.69, 9.17) is 16.3 Å². The third-order valence-electron chi connectivity index (χ3n) is 5.41. The first-order valence-electron chi connectivity index (χ1n) is 10.6. The Morgan fingerprint density at radius 2 is 1.62 bits per heavy atom. The molecular formula is C24H24ClN3O3S. The Hall–Kier alpha value is -2.90. The fraction of sp³-hybridized carbons (Fsp3) is 0.292. The number of hydrogen-bond acceptors (Lipinski definition) is 5. The molecule has 3 aromatic rings. The Kier molecular flexibility index (Phi) is 7.39. The highest BCUT2D eigenvalue weighted by atomic mass is 35.5. The van der Waals surface area contributed by atoms with Gasteiger partial charge in [-0.25, -0.2) is 4.98 Å². The van der Waals surface area contributed by atoms with Crippen LogP contribution in [-0.4, -0.2) is 28.9 Å². The quantitative estimate of drug-likeness (QED) is 0.518. The number of hydrogen-bond donors (Lipinski definition) is 2. The van der Waals surface area contributed by atoms with Gasteiger partial charge in [-0.1, -0.05) is 54.8 Å². The van der Waals surface area contributed by atoms with Crippen molar-refractivity contribution in [1.29, 1.82) is 0 Å². The molecular weight excluding hydrogens is 446 g/mol. The lowest BCUT2D eigenvalue weighted by Crippen LogP contribution is -2.53. The van der Waals surface area contributed by atoms with Crippen molar-refractivity contribution in [3.63, 3.8) is 0 Å². The van der Waals surface area contributed by atoms with Gasteiger partial charge >= 0.3 is 0 Å². The van der Waals surface area contributed by atoms with Crippen molar-refractivity contribution in [2.75, 3.05) is 0 Å². The van der Waals surface area contributed by atoms with Gasteiger partial charge in [0.15, 0.2) is 0 Å². The van der Waals surface area contributed by atoms with Crippen molar-refractivity contribution < 1.29 is 14.3 Å². The molecule has 4 rings (SSSR count). The standard InChI is InChI=1S/C24H24ClN3O3S/c25-18-11-5-4-10-17(18)23(29)27-19-12-6-7-13-20(19)28-24(30)21-15-32-22(26-21)14-31-16-8-2-1-3-9-16/h1-5,8-11,15,19-20H,6-7,12-14H2,(H,27,29)(H,28,30)/t19-,20+/m1/s1. The largest absolute Gasteiger partial charge is 0.486 e. The molecule has 0 bridgehead atoms. The number of para-hydroxylation sites is 1. The Morgan fingerprint density at radius 3 is 2.34 bits per heavy atom. The van der Waals surface area contributed by atoms with Gasteiger partial charge in [0, 0.05) is 17.5 Å².